The minimum atomic E-state index is -0.465. The number of ether oxygens (including phenoxy) is 1. The second-order valence-electron chi connectivity index (χ2n) is 15.4. The van der Waals surface area contributed by atoms with Crippen LogP contribution in [0.4, 0.5) is 0 Å². The Hall–Kier alpha value is -7.11. The molecule has 0 radical (unpaired) electrons. The number of para-hydroxylation sites is 2. The average molecular weight is 733 g/mol. The van der Waals surface area contributed by atoms with E-state index in [1.165, 1.54) is 38.9 Å². The Bertz CT molecular complexity index is 3010. The van der Waals surface area contributed by atoms with Crippen LogP contribution in [0.2, 0.25) is 0 Å². The molecule has 0 saturated heterocycles. The summed E-state index contributed by atoms with van der Waals surface area (Å²) in [5.74, 6) is 4.07. The summed E-state index contributed by atoms with van der Waals surface area (Å²) in [6.07, 6.45) is 15.8. The van der Waals surface area contributed by atoms with Crippen LogP contribution in [0.3, 0.4) is 0 Å². The molecule has 3 aliphatic carbocycles. The van der Waals surface area contributed by atoms with Crippen molar-refractivity contribution in [2.45, 2.75) is 24.2 Å². The standard InChI is InChI=1S/C52H36N4O/c1-2-14-33(15-3-1)49-53-50(34-26-29-36(30-27-34)56-45-23-11-6-18-39(45)40-19-7-12-24-46(40)56)55-51(54-49)35-28-31-48-44(32-35)52(43-22-10-13-25-47(43)57-48)41-20-8-4-16-37(41)38-17-5-9-21-42(38)52/h1-6,8-18,20-32,37,41H,7,19H2. The Morgan fingerprint density at radius 2 is 1.25 bits per heavy atom. The topological polar surface area (TPSA) is 52.8 Å². The minimum Gasteiger partial charge on any atom is -0.457 e. The van der Waals surface area contributed by atoms with E-state index in [-0.39, 0.29) is 11.8 Å². The largest absolute Gasteiger partial charge is 0.457 e. The van der Waals surface area contributed by atoms with Crippen LogP contribution in [0.1, 0.15) is 45.8 Å². The molecule has 0 N–H and O–H groups in total. The van der Waals surface area contributed by atoms with Gasteiger partial charge in [0.05, 0.1) is 10.9 Å². The molecule has 0 saturated carbocycles. The summed E-state index contributed by atoms with van der Waals surface area (Å²) < 4.78 is 9.12. The maximum Gasteiger partial charge on any atom is 0.164 e. The van der Waals surface area contributed by atoms with Gasteiger partial charge in [-0.15, -0.1) is 0 Å². The van der Waals surface area contributed by atoms with Crippen molar-refractivity contribution in [2.75, 3.05) is 0 Å². The molecule has 3 atom stereocenters. The summed E-state index contributed by atoms with van der Waals surface area (Å²) in [5, 5.41) is 1.32. The highest BCUT2D eigenvalue weighted by molar-refractivity contribution is 5.91. The van der Waals surface area contributed by atoms with Gasteiger partial charge in [0.25, 0.3) is 0 Å². The zero-order chi connectivity index (χ0) is 37.5. The number of allylic oxidation sites excluding steroid dienone is 5. The number of nitrogens with zero attached hydrogens (tertiary/aromatic N) is 4. The van der Waals surface area contributed by atoms with Crippen molar-refractivity contribution in [2.24, 2.45) is 5.92 Å². The third kappa shape index (κ3) is 4.72. The maximum absolute atomic E-state index is 6.74. The Labute approximate surface area is 331 Å². The molecule has 3 unspecified atom stereocenters. The van der Waals surface area contributed by atoms with Gasteiger partial charge in [0.2, 0.25) is 0 Å². The van der Waals surface area contributed by atoms with Gasteiger partial charge in [-0.1, -0.05) is 121 Å². The first-order chi connectivity index (χ1) is 28.3. The number of rotatable bonds is 4. The van der Waals surface area contributed by atoms with E-state index in [9.17, 15) is 0 Å². The van der Waals surface area contributed by atoms with E-state index < -0.39 is 5.41 Å². The number of hydrogen-bond donors (Lipinski definition) is 0. The first-order valence-electron chi connectivity index (χ1n) is 19.8. The molecule has 3 heterocycles. The van der Waals surface area contributed by atoms with Crippen molar-refractivity contribution in [3.8, 4) is 51.3 Å². The lowest BCUT2D eigenvalue weighted by atomic mass is 9.61. The van der Waals surface area contributed by atoms with Gasteiger partial charge in [0.1, 0.15) is 11.5 Å². The van der Waals surface area contributed by atoms with E-state index in [4.69, 9.17) is 19.7 Å². The first-order valence-corrected chi connectivity index (χ1v) is 19.8. The molecule has 0 amide bonds. The van der Waals surface area contributed by atoms with Crippen LogP contribution >= 0.6 is 0 Å². The van der Waals surface area contributed by atoms with E-state index in [0.29, 0.717) is 17.5 Å². The number of aromatic nitrogens is 4. The minimum absolute atomic E-state index is 0.171. The van der Waals surface area contributed by atoms with Gasteiger partial charge in [0.15, 0.2) is 17.5 Å². The van der Waals surface area contributed by atoms with Gasteiger partial charge in [0, 0.05) is 56.4 Å². The van der Waals surface area contributed by atoms with Gasteiger partial charge in [-0.3, -0.25) is 0 Å². The van der Waals surface area contributed by atoms with Crippen molar-refractivity contribution in [3.63, 3.8) is 0 Å². The van der Waals surface area contributed by atoms with Crippen LogP contribution in [0.15, 0.2) is 176 Å². The number of benzene rings is 6. The highest BCUT2D eigenvalue weighted by Gasteiger charge is 2.56. The summed E-state index contributed by atoms with van der Waals surface area (Å²) in [6.45, 7) is 0. The van der Waals surface area contributed by atoms with Gasteiger partial charge in [-0.25, -0.2) is 15.0 Å². The fraction of sp³-hybridized carbons (Fsp3) is 0.0962. The molecule has 2 aromatic heterocycles. The van der Waals surface area contributed by atoms with Crippen LogP contribution in [-0.4, -0.2) is 19.5 Å². The second-order valence-corrected chi connectivity index (χ2v) is 15.4. The van der Waals surface area contributed by atoms with Gasteiger partial charge in [-0.2, -0.15) is 0 Å². The Kier molecular flexibility index (Phi) is 7.03. The third-order valence-corrected chi connectivity index (χ3v) is 12.5. The molecular weight excluding hydrogens is 697 g/mol. The molecule has 4 aliphatic rings. The van der Waals surface area contributed by atoms with Crippen molar-refractivity contribution in [1.82, 2.24) is 19.5 Å². The van der Waals surface area contributed by atoms with E-state index in [0.717, 1.165) is 52.3 Å². The Balaban J connectivity index is 1.03. The monoisotopic (exact) mass is 732 g/mol. The van der Waals surface area contributed by atoms with Crippen molar-refractivity contribution in [3.05, 3.63) is 209 Å². The van der Waals surface area contributed by atoms with E-state index in [2.05, 4.69) is 168 Å². The van der Waals surface area contributed by atoms with Crippen LogP contribution in [0, 0.1) is 5.92 Å². The van der Waals surface area contributed by atoms with E-state index >= 15 is 0 Å². The fourth-order valence-corrected chi connectivity index (χ4v) is 10.1. The Morgan fingerprint density at radius 3 is 2.11 bits per heavy atom. The molecular formula is C52H36N4O. The smallest absolute Gasteiger partial charge is 0.164 e. The molecule has 5 nitrogen and oxygen atoms in total. The van der Waals surface area contributed by atoms with Crippen LogP contribution < -0.4 is 4.74 Å². The summed E-state index contributed by atoms with van der Waals surface area (Å²) >= 11 is 0. The molecule has 8 aromatic rings. The molecule has 6 aromatic carbocycles. The number of fused-ring (bicyclic) bond motifs is 12. The number of hydrogen-bond acceptors (Lipinski definition) is 4. The van der Waals surface area contributed by atoms with Gasteiger partial charge < -0.3 is 9.30 Å². The SMILES string of the molecule is C1=CC2c3ccccc3C3(c4ccccc4Oc4ccc(-c5nc(-c6ccccc6)nc(-c6ccc(-n7c8c(c9ccccc97)CCC=C8)cc6)n5)cc43)C2C=C1. The lowest BCUT2D eigenvalue weighted by molar-refractivity contribution is 0.374. The van der Waals surface area contributed by atoms with E-state index in [1.54, 1.807) is 0 Å². The lowest BCUT2D eigenvalue weighted by Crippen LogP contribution is -2.37. The summed E-state index contributed by atoms with van der Waals surface area (Å²) in [7, 11) is 0. The molecule has 1 spiro atoms. The van der Waals surface area contributed by atoms with Crippen molar-refractivity contribution >= 4 is 17.0 Å². The van der Waals surface area contributed by atoms with Crippen molar-refractivity contribution in [1.29, 1.82) is 0 Å². The molecule has 0 bridgehead atoms. The molecule has 5 heteroatoms. The van der Waals surface area contributed by atoms with Crippen molar-refractivity contribution < 1.29 is 4.74 Å². The lowest BCUT2D eigenvalue weighted by Gasteiger charge is -2.43. The molecule has 57 heavy (non-hydrogen) atoms. The molecule has 0 fully saturated rings. The summed E-state index contributed by atoms with van der Waals surface area (Å²) in [4.78, 5) is 15.5. The quantitative estimate of drug-likeness (QED) is 0.181. The highest BCUT2D eigenvalue weighted by Crippen LogP contribution is 2.64. The van der Waals surface area contributed by atoms with Gasteiger partial charge >= 0.3 is 0 Å². The molecule has 1 aliphatic heterocycles. The predicted molar refractivity (Wildman–Crippen MR) is 228 cm³/mol. The average Bonchev–Trinajstić information content (AvgIpc) is 3.78. The highest BCUT2D eigenvalue weighted by atomic mass is 16.5. The third-order valence-electron chi connectivity index (χ3n) is 12.5. The first kappa shape index (κ1) is 32.2. The predicted octanol–water partition coefficient (Wildman–Crippen LogP) is 12.1. The normalized spacial score (nSPS) is 19.4. The zero-order valence-corrected chi connectivity index (χ0v) is 31.1. The van der Waals surface area contributed by atoms with Crippen LogP contribution in [0.5, 0.6) is 11.5 Å². The number of aryl methyl sites for hydroxylation is 1. The molecule has 12 rings (SSSR count). The fourth-order valence-electron chi connectivity index (χ4n) is 10.1. The maximum atomic E-state index is 6.74. The summed E-state index contributed by atoms with van der Waals surface area (Å²) in [5.41, 5.74) is 12.3. The Morgan fingerprint density at radius 1 is 0.579 bits per heavy atom. The van der Waals surface area contributed by atoms with Crippen LogP contribution in [0.25, 0.3) is 56.8 Å². The molecule has 270 valence electrons. The van der Waals surface area contributed by atoms with E-state index in [1.807, 2.05) is 18.2 Å². The zero-order valence-electron chi connectivity index (χ0n) is 31.1. The van der Waals surface area contributed by atoms with Crippen LogP contribution in [-0.2, 0) is 11.8 Å². The summed E-state index contributed by atoms with van der Waals surface area (Å²) in [6, 6.07) is 51.6. The van der Waals surface area contributed by atoms with Gasteiger partial charge in [-0.05, 0) is 90.2 Å². The second kappa shape index (κ2) is 12.5.